The molecule has 1 fully saturated rings. The highest BCUT2D eigenvalue weighted by Crippen LogP contribution is 2.54. The highest BCUT2D eigenvalue weighted by molar-refractivity contribution is 9.10. The molecule has 2 aliphatic carbocycles. The number of benzene rings is 1. The minimum absolute atomic E-state index is 0.132. The highest BCUT2D eigenvalue weighted by atomic mass is 79.9. The number of ether oxygens (including phenoxy) is 1. The Kier molecular flexibility index (Phi) is 5.04. The molecule has 3 rings (SSSR count). The lowest BCUT2D eigenvalue weighted by atomic mass is 9.68. The van der Waals surface area contributed by atoms with E-state index < -0.39 is 0 Å². The van der Waals surface area contributed by atoms with Crippen LogP contribution in [0.2, 0.25) is 0 Å². The van der Waals surface area contributed by atoms with Gasteiger partial charge in [-0.3, -0.25) is 4.79 Å². The second kappa shape index (κ2) is 6.87. The first kappa shape index (κ1) is 16.9. The largest absolute Gasteiger partial charge is 0.381 e. The first-order valence-corrected chi connectivity index (χ1v) is 9.10. The van der Waals surface area contributed by atoms with Gasteiger partial charge < -0.3 is 15.4 Å². The lowest BCUT2D eigenvalue weighted by Gasteiger charge is -2.42. The topological polar surface area (TPSA) is 50.4 Å². The van der Waals surface area contributed by atoms with Crippen LogP contribution in [0.4, 0.5) is 0 Å². The Morgan fingerprint density at radius 3 is 2.83 bits per heavy atom. The predicted molar refractivity (Wildman–Crippen MR) is 97.2 cm³/mol. The number of hydrogen-bond donors (Lipinski definition) is 2. The van der Waals surface area contributed by atoms with Crippen molar-refractivity contribution in [2.45, 2.75) is 44.2 Å². The van der Waals surface area contributed by atoms with E-state index >= 15 is 0 Å². The van der Waals surface area contributed by atoms with Crippen molar-refractivity contribution in [1.82, 2.24) is 10.6 Å². The van der Waals surface area contributed by atoms with Crippen LogP contribution in [0.3, 0.4) is 0 Å². The summed E-state index contributed by atoms with van der Waals surface area (Å²) < 4.78 is 6.60. The maximum atomic E-state index is 10.7. The lowest BCUT2D eigenvalue weighted by Crippen LogP contribution is -2.45. The molecule has 1 amide bonds. The van der Waals surface area contributed by atoms with Crippen LogP contribution < -0.4 is 10.6 Å². The van der Waals surface area contributed by atoms with Crippen LogP contribution in [0.1, 0.15) is 42.9 Å². The number of fused-ring (bicyclic) bond motifs is 1. The smallest absolute Gasteiger partial charge is 0.213 e. The molecule has 0 radical (unpaired) electrons. The zero-order valence-electron chi connectivity index (χ0n) is 13.1. The van der Waals surface area contributed by atoms with Crippen LogP contribution >= 0.6 is 28.1 Å². The second-order valence-electron chi connectivity index (χ2n) is 6.49. The summed E-state index contributed by atoms with van der Waals surface area (Å²) in [5, 5.41) is 6.34. The van der Waals surface area contributed by atoms with Gasteiger partial charge in [-0.05, 0) is 73.0 Å². The SMILES string of the molecule is COC1CCC2(CC1)Cc1ccc(Br)cc1C2NC(=S)NC=O. The molecule has 6 heteroatoms. The van der Waals surface area contributed by atoms with Gasteiger partial charge in [0.2, 0.25) is 6.41 Å². The number of carbonyl (C=O) groups excluding carboxylic acids is 1. The minimum atomic E-state index is 0.132. The van der Waals surface area contributed by atoms with Gasteiger partial charge in [0.15, 0.2) is 5.11 Å². The number of halogens is 1. The van der Waals surface area contributed by atoms with Gasteiger partial charge in [0.1, 0.15) is 0 Å². The number of nitrogens with one attached hydrogen (secondary N) is 2. The number of amides is 1. The molecule has 1 unspecified atom stereocenters. The normalized spacial score (nSPS) is 29.1. The van der Waals surface area contributed by atoms with E-state index in [4.69, 9.17) is 17.0 Å². The molecule has 23 heavy (non-hydrogen) atoms. The standard InChI is InChI=1S/C17H21BrN2O2S/c1-22-13-4-6-17(7-5-13)9-11-2-3-12(18)8-14(11)15(17)20-16(23)19-10-21/h2-3,8,10,13,15H,4-7,9H2,1H3,(H2,19,20,21,23). The number of methoxy groups -OCH3 is 1. The number of hydrogen-bond acceptors (Lipinski definition) is 3. The van der Waals surface area contributed by atoms with Gasteiger partial charge in [-0.15, -0.1) is 0 Å². The van der Waals surface area contributed by atoms with Crippen LogP contribution in [0, 0.1) is 5.41 Å². The Morgan fingerprint density at radius 2 is 2.17 bits per heavy atom. The van der Waals surface area contributed by atoms with E-state index in [1.165, 1.54) is 11.1 Å². The molecule has 4 nitrogen and oxygen atoms in total. The minimum Gasteiger partial charge on any atom is -0.381 e. The molecule has 124 valence electrons. The zero-order chi connectivity index (χ0) is 16.4. The summed E-state index contributed by atoms with van der Waals surface area (Å²) in [6.45, 7) is 0. The Bertz CT molecular complexity index is 615. The van der Waals surface area contributed by atoms with Gasteiger partial charge in [-0.2, -0.15) is 0 Å². The van der Waals surface area contributed by atoms with E-state index in [1.54, 1.807) is 7.11 Å². The molecule has 0 saturated heterocycles. The van der Waals surface area contributed by atoms with Gasteiger partial charge in [-0.1, -0.05) is 22.0 Å². The van der Waals surface area contributed by atoms with Crippen LogP contribution in [0.25, 0.3) is 0 Å². The Balaban J connectivity index is 1.90. The summed E-state index contributed by atoms with van der Waals surface area (Å²) in [5.41, 5.74) is 2.80. The molecular formula is C17H21BrN2O2S. The van der Waals surface area contributed by atoms with Crippen LogP contribution in [-0.4, -0.2) is 24.7 Å². The quantitative estimate of drug-likeness (QED) is 0.608. The third kappa shape index (κ3) is 3.30. The van der Waals surface area contributed by atoms with E-state index in [0.717, 1.165) is 36.6 Å². The van der Waals surface area contributed by atoms with Crippen molar-refractivity contribution in [3.63, 3.8) is 0 Å². The number of rotatable bonds is 3. The molecule has 2 N–H and O–H groups in total. The average molecular weight is 397 g/mol. The fraction of sp³-hybridized carbons (Fsp3) is 0.529. The van der Waals surface area contributed by atoms with Crippen molar-refractivity contribution in [2.75, 3.05) is 7.11 Å². The number of carbonyl (C=O) groups is 1. The first-order valence-electron chi connectivity index (χ1n) is 7.90. The third-order valence-electron chi connectivity index (χ3n) is 5.30. The lowest BCUT2D eigenvalue weighted by molar-refractivity contribution is -0.108. The molecule has 1 atom stereocenters. The summed E-state index contributed by atoms with van der Waals surface area (Å²) in [6.07, 6.45) is 6.36. The van der Waals surface area contributed by atoms with E-state index in [0.29, 0.717) is 17.6 Å². The molecule has 1 saturated carbocycles. The molecule has 1 aromatic carbocycles. The van der Waals surface area contributed by atoms with Gasteiger partial charge in [0.05, 0.1) is 12.1 Å². The van der Waals surface area contributed by atoms with E-state index in [9.17, 15) is 4.79 Å². The molecule has 0 aliphatic heterocycles. The summed E-state index contributed by atoms with van der Waals surface area (Å²) in [6, 6.07) is 6.60. The molecule has 2 aliphatic rings. The van der Waals surface area contributed by atoms with Crippen LogP contribution in [-0.2, 0) is 16.0 Å². The molecule has 0 aromatic heterocycles. The summed E-state index contributed by atoms with van der Waals surface area (Å²) in [7, 11) is 1.79. The van der Waals surface area contributed by atoms with E-state index in [-0.39, 0.29) is 11.5 Å². The third-order valence-corrected chi connectivity index (χ3v) is 6.03. The Morgan fingerprint density at radius 1 is 1.43 bits per heavy atom. The predicted octanol–water partition coefficient (Wildman–Crippen LogP) is 3.24. The fourth-order valence-corrected chi connectivity index (χ4v) is 4.68. The number of thiocarbonyl (C=S) groups is 1. The van der Waals surface area contributed by atoms with Crippen LogP contribution in [0.5, 0.6) is 0 Å². The summed E-state index contributed by atoms with van der Waals surface area (Å²) in [5.74, 6) is 0. The van der Waals surface area contributed by atoms with E-state index in [1.807, 2.05) is 0 Å². The van der Waals surface area contributed by atoms with E-state index in [2.05, 4.69) is 44.8 Å². The molecular weight excluding hydrogens is 376 g/mol. The fourth-order valence-electron chi connectivity index (χ4n) is 4.13. The zero-order valence-corrected chi connectivity index (χ0v) is 15.5. The molecule has 1 spiro atoms. The highest BCUT2D eigenvalue weighted by Gasteiger charge is 2.48. The van der Waals surface area contributed by atoms with Crippen molar-refractivity contribution in [1.29, 1.82) is 0 Å². The second-order valence-corrected chi connectivity index (χ2v) is 7.81. The molecule has 0 heterocycles. The van der Waals surface area contributed by atoms with Crippen molar-refractivity contribution in [3.8, 4) is 0 Å². The van der Waals surface area contributed by atoms with Crippen molar-refractivity contribution in [2.24, 2.45) is 5.41 Å². The summed E-state index contributed by atoms with van der Waals surface area (Å²) >= 11 is 8.83. The van der Waals surface area contributed by atoms with Gasteiger partial charge >= 0.3 is 0 Å². The molecule has 1 aromatic rings. The Labute approximate surface area is 150 Å². The van der Waals surface area contributed by atoms with Gasteiger partial charge in [0.25, 0.3) is 0 Å². The Hall–Kier alpha value is -0.980. The van der Waals surface area contributed by atoms with Gasteiger partial charge in [0, 0.05) is 11.6 Å². The van der Waals surface area contributed by atoms with Gasteiger partial charge in [-0.25, -0.2) is 0 Å². The maximum absolute atomic E-state index is 10.7. The van der Waals surface area contributed by atoms with Crippen LogP contribution in [0.15, 0.2) is 22.7 Å². The van der Waals surface area contributed by atoms with Crippen molar-refractivity contribution >= 4 is 39.7 Å². The monoisotopic (exact) mass is 396 g/mol. The summed E-state index contributed by atoms with van der Waals surface area (Å²) in [4.78, 5) is 10.7. The average Bonchev–Trinajstić information content (AvgIpc) is 2.82. The molecule has 0 bridgehead atoms. The first-order chi connectivity index (χ1) is 11.1. The van der Waals surface area contributed by atoms with Crippen molar-refractivity contribution in [3.05, 3.63) is 33.8 Å². The van der Waals surface area contributed by atoms with Crippen molar-refractivity contribution < 1.29 is 9.53 Å². The maximum Gasteiger partial charge on any atom is 0.213 e.